The smallest absolute Gasteiger partial charge is 0.326 e. The molecule has 14 heavy (non-hydrogen) atoms. The quantitative estimate of drug-likeness (QED) is 0.576. The minimum atomic E-state index is -1.07. The Bertz CT molecular complexity index is 215. The van der Waals surface area contributed by atoms with E-state index in [-0.39, 0.29) is 13.0 Å². The van der Waals surface area contributed by atoms with Crippen LogP contribution >= 0.6 is 0 Å². The summed E-state index contributed by atoms with van der Waals surface area (Å²) in [6.45, 7) is 5.47. The van der Waals surface area contributed by atoms with Gasteiger partial charge in [0, 0.05) is 6.61 Å². The van der Waals surface area contributed by atoms with E-state index in [2.05, 4.69) is 11.9 Å². The van der Waals surface area contributed by atoms with E-state index in [0.717, 1.165) is 0 Å². The second-order valence-electron chi connectivity index (χ2n) is 2.62. The lowest BCUT2D eigenvalue weighted by Gasteiger charge is -2.11. The molecule has 0 radical (unpaired) electrons. The Morgan fingerprint density at radius 3 is 2.71 bits per heavy atom. The van der Waals surface area contributed by atoms with Gasteiger partial charge in [-0.25, -0.2) is 4.79 Å². The van der Waals surface area contributed by atoms with Crippen molar-refractivity contribution < 1.29 is 19.4 Å². The normalized spacial score (nSPS) is 11.8. The second-order valence-corrected chi connectivity index (χ2v) is 2.62. The van der Waals surface area contributed by atoms with Crippen LogP contribution in [-0.2, 0) is 14.3 Å². The Balaban J connectivity index is 3.95. The molecule has 0 unspecified atom stereocenters. The average Bonchev–Trinajstić information content (AvgIpc) is 2.14. The fraction of sp³-hybridized carbons (Fsp3) is 0.556. The fourth-order valence-corrected chi connectivity index (χ4v) is 0.819. The Morgan fingerprint density at radius 2 is 2.29 bits per heavy atom. The number of hydrogen-bond acceptors (Lipinski definition) is 3. The third kappa shape index (κ3) is 5.31. The minimum absolute atomic E-state index is 0.114. The number of ether oxygens (including phenoxy) is 1. The van der Waals surface area contributed by atoms with E-state index in [4.69, 9.17) is 9.84 Å². The van der Waals surface area contributed by atoms with Crippen LogP contribution in [-0.4, -0.2) is 36.2 Å². The molecule has 0 bridgehead atoms. The number of carbonyl (C=O) groups is 2. The summed E-state index contributed by atoms with van der Waals surface area (Å²) >= 11 is 0. The lowest BCUT2D eigenvalue weighted by molar-refractivity contribution is -0.142. The van der Waals surface area contributed by atoms with E-state index in [1.807, 2.05) is 0 Å². The molecular formula is C9H15NO4. The lowest BCUT2D eigenvalue weighted by atomic mass is 10.2. The molecule has 0 aromatic carbocycles. The molecule has 0 heterocycles. The zero-order chi connectivity index (χ0) is 11.0. The number of carbonyl (C=O) groups excluding carboxylic acids is 1. The molecule has 0 spiro atoms. The number of rotatable bonds is 7. The second kappa shape index (κ2) is 7.08. The maximum Gasteiger partial charge on any atom is 0.326 e. The van der Waals surface area contributed by atoms with Crippen LogP contribution < -0.4 is 5.32 Å². The minimum Gasteiger partial charge on any atom is -0.480 e. The number of carboxylic acid groups (broad SMARTS) is 1. The number of hydrogen-bond donors (Lipinski definition) is 2. The molecule has 0 aromatic rings. The van der Waals surface area contributed by atoms with Crippen LogP contribution in [0.2, 0.25) is 0 Å². The van der Waals surface area contributed by atoms with E-state index in [1.165, 1.54) is 6.08 Å². The highest BCUT2D eigenvalue weighted by molar-refractivity contribution is 5.84. The predicted molar refractivity (Wildman–Crippen MR) is 50.9 cm³/mol. The highest BCUT2D eigenvalue weighted by atomic mass is 16.5. The van der Waals surface area contributed by atoms with Crippen LogP contribution in [0.1, 0.15) is 13.3 Å². The number of nitrogens with one attached hydrogen (secondary N) is 1. The first-order valence-electron chi connectivity index (χ1n) is 4.32. The van der Waals surface area contributed by atoms with Crippen LogP contribution in [0.4, 0.5) is 0 Å². The number of carboxylic acids is 1. The summed E-state index contributed by atoms with van der Waals surface area (Å²) in [5.41, 5.74) is 0. The Morgan fingerprint density at radius 1 is 1.64 bits per heavy atom. The van der Waals surface area contributed by atoms with Crippen molar-refractivity contribution in [2.75, 3.05) is 13.2 Å². The summed E-state index contributed by atoms with van der Waals surface area (Å²) in [7, 11) is 0. The van der Waals surface area contributed by atoms with Gasteiger partial charge in [-0.3, -0.25) is 4.79 Å². The Hall–Kier alpha value is -1.36. The standard InChI is InChI=1S/C9H15NO4/c1-3-5-7(9(12)13)10-8(11)6-14-4-2/h3,7H,1,4-6H2,2H3,(H,10,11)(H,12,13)/t7-/m0/s1. The largest absolute Gasteiger partial charge is 0.480 e. The molecule has 80 valence electrons. The molecule has 0 rings (SSSR count). The maximum atomic E-state index is 11.1. The molecule has 1 amide bonds. The first-order chi connectivity index (χ1) is 6.61. The molecular weight excluding hydrogens is 186 g/mol. The molecule has 0 aliphatic rings. The SMILES string of the molecule is C=CC[C@H](NC(=O)COCC)C(=O)O. The van der Waals surface area contributed by atoms with Gasteiger partial charge in [0.25, 0.3) is 0 Å². The van der Waals surface area contributed by atoms with Crippen molar-refractivity contribution in [1.82, 2.24) is 5.32 Å². The van der Waals surface area contributed by atoms with Gasteiger partial charge in [-0.15, -0.1) is 6.58 Å². The van der Waals surface area contributed by atoms with Crippen molar-refractivity contribution in [3.05, 3.63) is 12.7 Å². The zero-order valence-electron chi connectivity index (χ0n) is 8.16. The van der Waals surface area contributed by atoms with Gasteiger partial charge in [-0.1, -0.05) is 6.08 Å². The van der Waals surface area contributed by atoms with Gasteiger partial charge >= 0.3 is 5.97 Å². The average molecular weight is 201 g/mol. The van der Waals surface area contributed by atoms with Crippen molar-refractivity contribution in [3.63, 3.8) is 0 Å². The predicted octanol–water partition coefficient (Wildman–Crippen LogP) is 0.168. The van der Waals surface area contributed by atoms with Crippen LogP contribution in [0.25, 0.3) is 0 Å². The van der Waals surface area contributed by atoms with Crippen LogP contribution in [0.3, 0.4) is 0 Å². The van der Waals surface area contributed by atoms with E-state index < -0.39 is 17.9 Å². The van der Waals surface area contributed by atoms with Gasteiger partial charge in [0.05, 0.1) is 0 Å². The highest BCUT2D eigenvalue weighted by Gasteiger charge is 2.17. The van der Waals surface area contributed by atoms with Gasteiger partial charge in [-0.05, 0) is 13.3 Å². The summed E-state index contributed by atoms with van der Waals surface area (Å²) in [6, 6.07) is -0.916. The Labute approximate surface area is 82.7 Å². The summed E-state index contributed by atoms with van der Waals surface area (Å²) in [5, 5.41) is 11.0. The lowest BCUT2D eigenvalue weighted by Crippen LogP contribution is -2.42. The van der Waals surface area contributed by atoms with Crippen molar-refractivity contribution in [3.8, 4) is 0 Å². The molecule has 0 fully saturated rings. The van der Waals surface area contributed by atoms with Gasteiger partial charge in [0.15, 0.2) is 0 Å². The van der Waals surface area contributed by atoms with Crippen molar-refractivity contribution >= 4 is 11.9 Å². The van der Waals surface area contributed by atoms with Gasteiger partial charge < -0.3 is 15.2 Å². The molecule has 5 nitrogen and oxygen atoms in total. The Kier molecular flexibility index (Phi) is 6.39. The van der Waals surface area contributed by atoms with Gasteiger partial charge in [-0.2, -0.15) is 0 Å². The molecule has 0 saturated heterocycles. The zero-order valence-corrected chi connectivity index (χ0v) is 8.16. The highest BCUT2D eigenvalue weighted by Crippen LogP contribution is 1.93. The molecule has 0 saturated carbocycles. The first kappa shape index (κ1) is 12.6. The van der Waals surface area contributed by atoms with E-state index in [0.29, 0.717) is 6.61 Å². The van der Waals surface area contributed by atoms with Gasteiger partial charge in [0.2, 0.25) is 5.91 Å². The molecule has 0 aliphatic carbocycles. The van der Waals surface area contributed by atoms with Crippen LogP contribution in [0, 0.1) is 0 Å². The van der Waals surface area contributed by atoms with Gasteiger partial charge in [0.1, 0.15) is 12.6 Å². The third-order valence-electron chi connectivity index (χ3n) is 1.47. The van der Waals surface area contributed by atoms with E-state index in [9.17, 15) is 9.59 Å². The summed E-state index contributed by atoms with van der Waals surface area (Å²) in [6.07, 6.45) is 1.65. The van der Waals surface area contributed by atoms with Crippen LogP contribution in [0.15, 0.2) is 12.7 Å². The van der Waals surface area contributed by atoms with Crippen molar-refractivity contribution in [1.29, 1.82) is 0 Å². The number of aliphatic carboxylic acids is 1. The van der Waals surface area contributed by atoms with Crippen molar-refractivity contribution in [2.24, 2.45) is 0 Å². The first-order valence-corrected chi connectivity index (χ1v) is 4.32. The monoisotopic (exact) mass is 201 g/mol. The molecule has 0 aromatic heterocycles. The topological polar surface area (TPSA) is 75.6 Å². The maximum absolute atomic E-state index is 11.1. The van der Waals surface area contributed by atoms with Crippen LogP contribution in [0.5, 0.6) is 0 Å². The summed E-state index contributed by atoms with van der Waals surface area (Å²) in [5.74, 6) is -1.50. The summed E-state index contributed by atoms with van der Waals surface area (Å²) in [4.78, 5) is 21.7. The summed E-state index contributed by atoms with van der Waals surface area (Å²) < 4.78 is 4.82. The van der Waals surface area contributed by atoms with E-state index in [1.54, 1.807) is 6.92 Å². The molecule has 1 atom stereocenters. The molecule has 5 heteroatoms. The molecule has 0 aliphatic heterocycles. The molecule has 2 N–H and O–H groups in total. The fourth-order valence-electron chi connectivity index (χ4n) is 0.819. The number of amides is 1. The van der Waals surface area contributed by atoms with Crippen molar-refractivity contribution in [2.45, 2.75) is 19.4 Å². The third-order valence-corrected chi connectivity index (χ3v) is 1.47. The van der Waals surface area contributed by atoms with E-state index >= 15 is 0 Å².